The first-order valence-electron chi connectivity index (χ1n) is 9.34. The average molecular weight is 323 g/mol. The number of likely N-dealkylation sites (tertiary alicyclic amines) is 2. The fraction of sp³-hybridized carbons (Fsp3) is 0.944. The van der Waals surface area contributed by atoms with E-state index >= 15 is 0 Å². The Morgan fingerprint density at radius 3 is 2.30 bits per heavy atom. The highest BCUT2D eigenvalue weighted by Gasteiger charge is 2.63. The molecule has 0 radical (unpaired) electrons. The summed E-state index contributed by atoms with van der Waals surface area (Å²) >= 11 is 0. The zero-order chi connectivity index (χ0) is 16.7. The first-order chi connectivity index (χ1) is 10.9. The number of carbonyl (C=O) groups is 1. The van der Waals surface area contributed by atoms with Gasteiger partial charge in [0, 0.05) is 37.6 Å². The van der Waals surface area contributed by atoms with Crippen LogP contribution in [0.5, 0.6) is 0 Å². The van der Waals surface area contributed by atoms with Crippen LogP contribution in [0, 0.1) is 5.41 Å². The third kappa shape index (κ3) is 2.81. The number of ether oxygens (including phenoxy) is 1. The van der Waals surface area contributed by atoms with Gasteiger partial charge in [-0.15, -0.1) is 0 Å². The summed E-state index contributed by atoms with van der Waals surface area (Å²) in [6.07, 6.45) is 5.60. The molecule has 132 valence electrons. The molecular weight excluding hydrogens is 290 g/mol. The van der Waals surface area contributed by atoms with Crippen LogP contribution in [0.2, 0.25) is 0 Å². The lowest BCUT2D eigenvalue weighted by molar-refractivity contribution is -0.180. The third-order valence-electron chi connectivity index (χ3n) is 6.62. The van der Waals surface area contributed by atoms with Crippen molar-refractivity contribution in [3.05, 3.63) is 0 Å². The Morgan fingerprint density at radius 2 is 1.78 bits per heavy atom. The molecule has 2 unspecified atom stereocenters. The Bertz CT molecular complexity index is 440. The molecule has 5 nitrogen and oxygen atoms in total. The molecule has 23 heavy (non-hydrogen) atoms. The Hall–Kier alpha value is -0.650. The van der Waals surface area contributed by atoms with Gasteiger partial charge in [-0.1, -0.05) is 13.8 Å². The van der Waals surface area contributed by atoms with Crippen molar-refractivity contribution in [1.82, 2.24) is 9.80 Å². The zero-order valence-electron chi connectivity index (χ0n) is 15.0. The summed E-state index contributed by atoms with van der Waals surface area (Å²) in [7, 11) is 0. The Balaban J connectivity index is 1.57. The molecule has 1 aliphatic carbocycles. The molecule has 0 aromatic carbocycles. The second kappa shape index (κ2) is 6.34. The zero-order valence-corrected chi connectivity index (χ0v) is 15.0. The van der Waals surface area contributed by atoms with Crippen LogP contribution in [0.25, 0.3) is 0 Å². The third-order valence-corrected chi connectivity index (χ3v) is 6.62. The first-order valence-corrected chi connectivity index (χ1v) is 9.34. The highest BCUT2D eigenvalue weighted by molar-refractivity contribution is 5.89. The van der Waals surface area contributed by atoms with Crippen LogP contribution in [0.1, 0.15) is 52.9 Å². The van der Waals surface area contributed by atoms with Gasteiger partial charge in [-0.3, -0.25) is 4.79 Å². The topological polar surface area (TPSA) is 58.8 Å². The molecule has 3 rings (SSSR count). The molecule has 2 N–H and O–H groups in total. The minimum Gasteiger partial charge on any atom is -0.378 e. The van der Waals surface area contributed by atoms with E-state index in [-0.39, 0.29) is 17.4 Å². The van der Waals surface area contributed by atoms with Crippen LogP contribution < -0.4 is 5.73 Å². The quantitative estimate of drug-likeness (QED) is 0.854. The molecule has 0 bridgehead atoms. The molecule has 3 fully saturated rings. The molecule has 2 saturated heterocycles. The maximum Gasteiger partial charge on any atom is 0.243 e. The second-order valence-electron chi connectivity index (χ2n) is 8.11. The highest BCUT2D eigenvalue weighted by Crippen LogP contribution is 2.50. The number of nitrogens with zero attached hydrogens (tertiary/aromatic N) is 2. The van der Waals surface area contributed by atoms with Crippen LogP contribution >= 0.6 is 0 Å². The van der Waals surface area contributed by atoms with Crippen LogP contribution in [0.15, 0.2) is 0 Å². The van der Waals surface area contributed by atoms with Crippen molar-refractivity contribution < 1.29 is 9.53 Å². The van der Waals surface area contributed by atoms with Gasteiger partial charge < -0.3 is 20.3 Å². The van der Waals surface area contributed by atoms with Crippen molar-refractivity contribution >= 4 is 5.91 Å². The first kappa shape index (κ1) is 17.2. The Labute approximate surface area is 140 Å². The molecular formula is C18H33N3O2. The van der Waals surface area contributed by atoms with Crippen molar-refractivity contribution in [2.45, 2.75) is 70.6 Å². The number of rotatable bonds is 4. The Morgan fingerprint density at radius 1 is 1.17 bits per heavy atom. The van der Waals surface area contributed by atoms with Gasteiger partial charge in [0.25, 0.3) is 0 Å². The fourth-order valence-electron chi connectivity index (χ4n) is 4.62. The van der Waals surface area contributed by atoms with Gasteiger partial charge >= 0.3 is 0 Å². The summed E-state index contributed by atoms with van der Waals surface area (Å²) in [5.41, 5.74) is 5.51. The number of nitrogens with two attached hydrogens (primary N) is 1. The van der Waals surface area contributed by atoms with Crippen molar-refractivity contribution in [3.63, 3.8) is 0 Å². The van der Waals surface area contributed by atoms with E-state index in [2.05, 4.69) is 18.7 Å². The number of hydrogen-bond donors (Lipinski definition) is 1. The predicted molar refractivity (Wildman–Crippen MR) is 91.1 cm³/mol. The van der Waals surface area contributed by atoms with Gasteiger partial charge in [0.1, 0.15) is 5.54 Å². The molecule has 3 aliphatic rings. The smallest absolute Gasteiger partial charge is 0.243 e. The van der Waals surface area contributed by atoms with Crippen molar-refractivity contribution in [2.75, 3.05) is 32.8 Å². The number of carbonyl (C=O) groups excluding carboxylic acids is 1. The van der Waals surface area contributed by atoms with Gasteiger partial charge in [-0.25, -0.2) is 0 Å². The minimum absolute atomic E-state index is 0.101. The van der Waals surface area contributed by atoms with E-state index in [1.165, 1.54) is 25.9 Å². The van der Waals surface area contributed by atoms with Gasteiger partial charge in [-0.2, -0.15) is 0 Å². The summed E-state index contributed by atoms with van der Waals surface area (Å²) in [5, 5.41) is 0. The van der Waals surface area contributed by atoms with Crippen LogP contribution in [0.4, 0.5) is 0 Å². The van der Waals surface area contributed by atoms with Crippen molar-refractivity contribution in [2.24, 2.45) is 11.1 Å². The van der Waals surface area contributed by atoms with E-state index < -0.39 is 5.54 Å². The van der Waals surface area contributed by atoms with Gasteiger partial charge in [0.15, 0.2) is 0 Å². The van der Waals surface area contributed by atoms with E-state index in [0.29, 0.717) is 19.1 Å². The maximum absolute atomic E-state index is 13.0. The summed E-state index contributed by atoms with van der Waals surface area (Å²) in [4.78, 5) is 17.6. The summed E-state index contributed by atoms with van der Waals surface area (Å²) < 4.78 is 5.75. The van der Waals surface area contributed by atoms with Gasteiger partial charge in [-0.05, 0) is 45.7 Å². The van der Waals surface area contributed by atoms with E-state index in [1.807, 2.05) is 11.8 Å². The fourth-order valence-corrected chi connectivity index (χ4v) is 4.62. The highest BCUT2D eigenvalue weighted by atomic mass is 16.5. The maximum atomic E-state index is 13.0. The SMILES string of the molecule is CCOC1CC(N)(C(=O)N2CCC(N3CCCC3)CC2)C1(C)C. The van der Waals surface area contributed by atoms with Crippen LogP contribution in [-0.2, 0) is 9.53 Å². The molecule has 0 spiro atoms. The predicted octanol–water partition coefficient (Wildman–Crippen LogP) is 1.61. The molecule has 2 heterocycles. The number of amides is 1. The van der Waals surface area contributed by atoms with Crippen molar-refractivity contribution in [3.8, 4) is 0 Å². The normalized spacial score (nSPS) is 35.3. The van der Waals surface area contributed by atoms with Crippen LogP contribution in [-0.4, -0.2) is 66.2 Å². The van der Waals surface area contributed by atoms with E-state index in [4.69, 9.17) is 10.5 Å². The molecule has 5 heteroatoms. The number of hydrogen-bond acceptors (Lipinski definition) is 4. The van der Waals surface area contributed by atoms with Crippen molar-refractivity contribution in [1.29, 1.82) is 0 Å². The second-order valence-corrected chi connectivity index (χ2v) is 8.11. The van der Waals surface area contributed by atoms with Gasteiger partial charge in [0.05, 0.1) is 6.10 Å². The van der Waals surface area contributed by atoms with Gasteiger partial charge in [0.2, 0.25) is 5.91 Å². The lowest BCUT2D eigenvalue weighted by Crippen LogP contribution is -2.76. The van der Waals surface area contributed by atoms with Crippen LogP contribution in [0.3, 0.4) is 0 Å². The standard InChI is InChI=1S/C18H33N3O2/c1-4-23-15-13-18(19,17(15,2)3)16(22)21-11-7-14(8-12-21)20-9-5-6-10-20/h14-15H,4-13,19H2,1-3H3. The largest absolute Gasteiger partial charge is 0.378 e. The molecule has 0 aromatic heterocycles. The molecule has 2 aliphatic heterocycles. The minimum atomic E-state index is -0.757. The lowest BCUT2D eigenvalue weighted by Gasteiger charge is -2.59. The Kier molecular flexibility index (Phi) is 4.73. The molecule has 2 atom stereocenters. The monoisotopic (exact) mass is 323 g/mol. The molecule has 1 amide bonds. The summed E-state index contributed by atoms with van der Waals surface area (Å²) in [6, 6.07) is 0.667. The molecule has 0 aromatic rings. The van der Waals surface area contributed by atoms with E-state index in [1.54, 1.807) is 0 Å². The molecule has 1 saturated carbocycles. The van der Waals surface area contributed by atoms with E-state index in [0.717, 1.165) is 25.9 Å². The summed E-state index contributed by atoms with van der Waals surface area (Å²) in [5.74, 6) is 0.137. The van der Waals surface area contributed by atoms with E-state index in [9.17, 15) is 4.79 Å². The number of piperidine rings is 1. The lowest BCUT2D eigenvalue weighted by atomic mass is 9.54. The summed E-state index contributed by atoms with van der Waals surface area (Å²) in [6.45, 7) is 11.0. The average Bonchev–Trinajstić information content (AvgIpc) is 3.08.